The third-order valence-corrected chi connectivity index (χ3v) is 1.10. The Balaban J connectivity index is 2.87. The zero-order valence-electron chi connectivity index (χ0n) is 4.79. The highest BCUT2D eigenvalue weighted by Crippen LogP contribution is 2.16. The van der Waals surface area contributed by atoms with Gasteiger partial charge in [0.05, 0.1) is 0 Å². The van der Waals surface area contributed by atoms with E-state index >= 15 is 0 Å². The Bertz CT molecular complexity index is 181. The number of carbonyl (C=O) groups is 1. The summed E-state index contributed by atoms with van der Waals surface area (Å²) in [6.45, 7) is 1.41. The molecule has 0 spiro atoms. The lowest BCUT2D eigenvalue weighted by Gasteiger charge is -1.92. The second kappa shape index (κ2) is 1.73. The molecule has 9 heavy (non-hydrogen) atoms. The highest BCUT2D eigenvalue weighted by atomic mass is 16.6. The lowest BCUT2D eigenvalue weighted by Crippen LogP contribution is -2.16. The van der Waals surface area contributed by atoms with E-state index in [-0.39, 0.29) is 11.5 Å². The van der Waals surface area contributed by atoms with Crippen LogP contribution < -0.4 is 0 Å². The van der Waals surface area contributed by atoms with Gasteiger partial charge in [-0.1, -0.05) is 0 Å². The van der Waals surface area contributed by atoms with Crippen LogP contribution in [0, 0.1) is 0 Å². The zero-order chi connectivity index (χ0) is 7.02. The van der Waals surface area contributed by atoms with Crippen molar-refractivity contribution >= 4 is 5.97 Å². The first kappa shape index (κ1) is 6.10. The maximum Gasteiger partial charge on any atom is 0.348 e. The highest BCUT2D eigenvalue weighted by molar-refractivity contribution is 5.81. The van der Waals surface area contributed by atoms with Gasteiger partial charge in [0.25, 0.3) is 0 Å². The molecule has 0 bridgehead atoms. The molecular formula is C5H6O4. The Kier molecular flexibility index (Phi) is 1.17. The number of aliphatic hydroxyl groups excluding tert-OH is 2. The van der Waals surface area contributed by atoms with E-state index in [1.54, 1.807) is 0 Å². The quantitative estimate of drug-likeness (QED) is 0.441. The molecule has 0 unspecified atom stereocenters. The molecule has 2 N–H and O–H groups in total. The van der Waals surface area contributed by atoms with Gasteiger partial charge in [-0.15, -0.1) is 0 Å². The van der Waals surface area contributed by atoms with Crippen molar-refractivity contribution in [2.75, 3.05) is 0 Å². The number of rotatable bonds is 0. The molecule has 4 heteroatoms. The monoisotopic (exact) mass is 130 g/mol. The summed E-state index contributed by atoms with van der Waals surface area (Å²) in [6, 6.07) is 0. The maximum atomic E-state index is 10.3. The van der Waals surface area contributed by atoms with Crippen LogP contribution >= 0.6 is 0 Å². The molecule has 1 aliphatic heterocycles. The minimum absolute atomic E-state index is 0.0764. The summed E-state index contributed by atoms with van der Waals surface area (Å²) in [5.41, 5.74) is 0. The van der Waals surface area contributed by atoms with E-state index in [9.17, 15) is 4.79 Å². The normalized spacial score (nSPS) is 26.9. The number of aliphatic hydroxyl groups is 2. The van der Waals surface area contributed by atoms with Gasteiger partial charge < -0.3 is 14.9 Å². The smallest absolute Gasteiger partial charge is 0.348 e. The van der Waals surface area contributed by atoms with Gasteiger partial charge in [0.15, 0.2) is 5.76 Å². The van der Waals surface area contributed by atoms with Crippen molar-refractivity contribution in [2.45, 2.75) is 13.0 Å². The van der Waals surface area contributed by atoms with Gasteiger partial charge in [-0.25, -0.2) is 4.79 Å². The van der Waals surface area contributed by atoms with Gasteiger partial charge in [-0.3, -0.25) is 0 Å². The van der Waals surface area contributed by atoms with E-state index in [2.05, 4.69) is 4.74 Å². The van der Waals surface area contributed by atoms with E-state index in [0.717, 1.165) is 0 Å². The summed E-state index contributed by atoms with van der Waals surface area (Å²) < 4.78 is 4.33. The van der Waals surface area contributed by atoms with Crippen LogP contribution in [0.4, 0.5) is 0 Å². The lowest BCUT2D eigenvalue weighted by molar-refractivity contribution is -0.144. The summed E-state index contributed by atoms with van der Waals surface area (Å²) in [6.07, 6.45) is -1.47. The summed E-state index contributed by atoms with van der Waals surface area (Å²) in [4.78, 5) is 10.3. The highest BCUT2D eigenvalue weighted by Gasteiger charge is 2.31. The second-order valence-corrected chi connectivity index (χ2v) is 1.77. The minimum atomic E-state index is -1.47. The van der Waals surface area contributed by atoms with Crippen LogP contribution in [0.2, 0.25) is 0 Å². The lowest BCUT2D eigenvalue weighted by atomic mass is 10.3. The molecule has 0 aromatic rings. The molecule has 0 radical (unpaired) electrons. The van der Waals surface area contributed by atoms with Crippen molar-refractivity contribution in [1.82, 2.24) is 0 Å². The summed E-state index contributed by atoms with van der Waals surface area (Å²) >= 11 is 0. The molecule has 50 valence electrons. The van der Waals surface area contributed by atoms with Crippen molar-refractivity contribution in [3.63, 3.8) is 0 Å². The molecule has 1 aliphatic rings. The largest absolute Gasteiger partial charge is 0.506 e. The van der Waals surface area contributed by atoms with Crippen molar-refractivity contribution in [2.24, 2.45) is 0 Å². The van der Waals surface area contributed by atoms with Crippen LogP contribution in [0.15, 0.2) is 11.5 Å². The fourth-order valence-corrected chi connectivity index (χ4v) is 0.563. The first-order valence-corrected chi connectivity index (χ1v) is 2.42. The first-order valence-electron chi connectivity index (χ1n) is 2.42. The van der Waals surface area contributed by atoms with Gasteiger partial charge >= 0.3 is 5.97 Å². The molecule has 1 heterocycles. The Morgan fingerprint density at radius 1 is 1.67 bits per heavy atom. The SMILES string of the molecule is CC1=C(O)[C@@H](O)C(=O)O1. The number of esters is 1. The zero-order valence-corrected chi connectivity index (χ0v) is 4.79. The van der Waals surface area contributed by atoms with Gasteiger partial charge in [0.2, 0.25) is 6.10 Å². The van der Waals surface area contributed by atoms with Gasteiger partial charge in [0, 0.05) is 0 Å². The Morgan fingerprint density at radius 2 is 2.22 bits per heavy atom. The Morgan fingerprint density at radius 3 is 2.33 bits per heavy atom. The number of hydrogen-bond donors (Lipinski definition) is 2. The molecule has 0 fully saturated rings. The number of ether oxygens (including phenoxy) is 1. The Labute approximate surface area is 51.4 Å². The van der Waals surface area contributed by atoms with Crippen LogP contribution in [-0.4, -0.2) is 22.3 Å². The number of hydrogen-bond acceptors (Lipinski definition) is 4. The third kappa shape index (κ3) is 0.768. The van der Waals surface area contributed by atoms with Crippen LogP contribution in [0.1, 0.15) is 6.92 Å². The second-order valence-electron chi connectivity index (χ2n) is 1.77. The molecule has 1 atom stereocenters. The first-order chi connectivity index (χ1) is 4.13. The summed E-state index contributed by atoms with van der Waals surface area (Å²) in [5, 5.41) is 17.4. The maximum absolute atomic E-state index is 10.3. The van der Waals surface area contributed by atoms with Crippen molar-refractivity contribution < 1.29 is 19.7 Å². The molecule has 4 nitrogen and oxygen atoms in total. The van der Waals surface area contributed by atoms with E-state index in [1.807, 2.05) is 0 Å². The number of carbonyl (C=O) groups excluding carboxylic acids is 1. The Hall–Kier alpha value is -1.03. The molecule has 0 aliphatic carbocycles. The van der Waals surface area contributed by atoms with Gasteiger partial charge in [-0.2, -0.15) is 0 Å². The molecular weight excluding hydrogens is 124 g/mol. The minimum Gasteiger partial charge on any atom is -0.506 e. The van der Waals surface area contributed by atoms with Crippen LogP contribution in [0.25, 0.3) is 0 Å². The van der Waals surface area contributed by atoms with Crippen molar-refractivity contribution in [1.29, 1.82) is 0 Å². The summed E-state index contributed by atoms with van der Waals surface area (Å²) in [5.74, 6) is -1.13. The van der Waals surface area contributed by atoms with Gasteiger partial charge in [0.1, 0.15) is 5.76 Å². The van der Waals surface area contributed by atoms with E-state index in [1.165, 1.54) is 6.92 Å². The van der Waals surface area contributed by atoms with Crippen molar-refractivity contribution in [3.8, 4) is 0 Å². The van der Waals surface area contributed by atoms with Crippen LogP contribution in [-0.2, 0) is 9.53 Å². The average molecular weight is 130 g/mol. The van der Waals surface area contributed by atoms with Gasteiger partial charge in [-0.05, 0) is 6.92 Å². The molecule has 1 rings (SSSR count). The average Bonchev–Trinajstić information content (AvgIpc) is 1.98. The number of cyclic esters (lactones) is 1. The van der Waals surface area contributed by atoms with E-state index in [4.69, 9.17) is 10.2 Å². The predicted molar refractivity (Wildman–Crippen MR) is 27.4 cm³/mol. The number of allylic oxidation sites excluding steroid dienone is 1. The fraction of sp³-hybridized carbons (Fsp3) is 0.400. The predicted octanol–water partition coefficient (Wildman–Crippen LogP) is -0.306. The molecule has 0 aromatic heterocycles. The van der Waals surface area contributed by atoms with Crippen LogP contribution in [0.3, 0.4) is 0 Å². The fourth-order valence-electron chi connectivity index (χ4n) is 0.563. The molecule has 0 saturated carbocycles. The molecule has 0 amide bonds. The summed E-state index contributed by atoms with van der Waals surface area (Å²) in [7, 11) is 0. The van der Waals surface area contributed by atoms with E-state index < -0.39 is 12.1 Å². The molecule has 0 saturated heterocycles. The standard InChI is InChI=1S/C5H6O4/c1-2-3(6)4(7)5(8)9-2/h4,6-7H,1H3/t4-/m1/s1. The third-order valence-electron chi connectivity index (χ3n) is 1.10. The topological polar surface area (TPSA) is 66.8 Å². The van der Waals surface area contributed by atoms with Crippen molar-refractivity contribution in [3.05, 3.63) is 11.5 Å². The van der Waals surface area contributed by atoms with E-state index in [0.29, 0.717) is 0 Å². The molecule has 0 aromatic carbocycles. The van der Waals surface area contributed by atoms with Crippen LogP contribution in [0.5, 0.6) is 0 Å².